The number of carbonyl (C=O) groups excluding carboxylic acids is 1. The number of aryl methyl sites for hydroxylation is 1. The molecule has 0 fully saturated rings. The zero-order chi connectivity index (χ0) is 20.5. The lowest BCUT2D eigenvalue weighted by atomic mass is 10.2. The molecule has 0 radical (unpaired) electrons. The number of amides is 1. The molecule has 0 unspecified atom stereocenters. The van der Waals surface area contributed by atoms with Gasteiger partial charge in [0.25, 0.3) is 5.91 Å². The number of fused-ring (bicyclic) bond motifs is 2. The van der Waals surface area contributed by atoms with Crippen LogP contribution in [0.1, 0.15) is 21.7 Å². The highest BCUT2D eigenvalue weighted by molar-refractivity contribution is 7.22. The first-order valence-electron chi connectivity index (χ1n) is 9.49. The molecular weight excluding hydrogens is 394 g/mol. The minimum atomic E-state index is -0.254. The largest absolute Gasteiger partial charge is 0.280 e. The van der Waals surface area contributed by atoms with Gasteiger partial charge in [-0.1, -0.05) is 41.7 Å². The molecule has 0 bridgehead atoms. The van der Waals surface area contributed by atoms with Crippen molar-refractivity contribution in [2.75, 3.05) is 4.90 Å². The Labute approximate surface area is 176 Å². The number of carbonyl (C=O) groups is 1. The van der Waals surface area contributed by atoms with E-state index in [1.807, 2.05) is 67.6 Å². The normalized spacial score (nSPS) is 11.1. The van der Waals surface area contributed by atoms with E-state index in [1.165, 1.54) is 17.5 Å². The number of anilines is 1. The van der Waals surface area contributed by atoms with E-state index in [2.05, 4.69) is 15.0 Å². The van der Waals surface area contributed by atoms with Crippen LogP contribution in [0.5, 0.6) is 0 Å². The number of rotatable bonds is 4. The van der Waals surface area contributed by atoms with Crippen LogP contribution >= 0.6 is 11.3 Å². The maximum atomic E-state index is 13.5. The van der Waals surface area contributed by atoms with Crippen molar-refractivity contribution in [2.45, 2.75) is 13.5 Å². The maximum Gasteiger partial charge on any atom is 0.280 e. The van der Waals surface area contributed by atoms with Gasteiger partial charge in [0.1, 0.15) is 5.69 Å². The molecule has 5 rings (SSSR count). The number of thiazole rings is 1. The Morgan fingerprint density at radius 3 is 2.57 bits per heavy atom. The molecule has 5 aromatic rings. The summed E-state index contributed by atoms with van der Waals surface area (Å²) in [6, 6.07) is 19.2. The highest BCUT2D eigenvalue weighted by Crippen LogP contribution is 2.32. The molecule has 1 amide bonds. The first kappa shape index (κ1) is 18.3. The van der Waals surface area contributed by atoms with Gasteiger partial charge in [0.2, 0.25) is 0 Å². The number of hydrogen-bond donors (Lipinski definition) is 0. The molecule has 30 heavy (non-hydrogen) atoms. The molecule has 0 saturated heterocycles. The number of pyridine rings is 1. The van der Waals surface area contributed by atoms with E-state index in [0.29, 0.717) is 17.2 Å². The van der Waals surface area contributed by atoms with E-state index in [9.17, 15) is 4.79 Å². The van der Waals surface area contributed by atoms with E-state index >= 15 is 0 Å². The van der Waals surface area contributed by atoms with Crippen LogP contribution in [0.25, 0.3) is 21.3 Å². The van der Waals surface area contributed by atoms with Crippen molar-refractivity contribution in [1.29, 1.82) is 0 Å². The zero-order valence-electron chi connectivity index (χ0n) is 16.2. The number of para-hydroxylation sites is 3. The lowest BCUT2D eigenvalue weighted by Gasteiger charge is -2.19. The Hall–Kier alpha value is -3.71. The van der Waals surface area contributed by atoms with Gasteiger partial charge in [-0.25, -0.2) is 9.97 Å². The molecule has 0 saturated carbocycles. The maximum absolute atomic E-state index is 13.5. The molecule has 7 heteroatoms. The van der Waals surface area contributed by atoms with Crippen molar-refractivity contribution in [3.05, 3.63) is 90.0 Å². The van der Waals surface area contributed by atoms with Crippen LogP contribution in [0, 0.1) is 6.92 Å². The van der Waals surface area contributed by atoms with Gasteiger partial charge in [0, 0.05) is 6.20 Å². The smallest absolute Gasteiger partial charge is 0.276 e. The molecule has 0 N–H and O–H groups in total. The Balaban J connectivity index is 1.60. The predicted molar refractivity (Wildman–Crippen MR) is 119 cm³/mol. The van der Waals surface area contributed by atoms with Crippen molar-refractivity contribution >= 4 is 43.6 Å². The summed E-state index contributed by atoms with van der Waals surface area (Å²) < 4.78 is 1.04. The second-order valence-corrected chi connectivity index (χ2v) is 7.88. The van der Waals surface area contributed by atoms with Crippen LogP contribution < -0.4 is 4.90 Å². The third-order valence-corrected chi connectivity index (χ3v) is 5.84. The van der Waals surface area contributed by atoms with Gasteiger partial charge in [-0.3, -0.25) is 19.7 Å². The Bertz CT molecular complexity index is 1370. The monoisotopic (exact) mass is 411 g/mol. The summed E-state index contributed by atoms with van der Waals surface area (Å²) in [5, 5.41) is 0.616. The van der Waals surface area contributed by atoms with Gasteiger partial charge in [0.15, 0.2) is 5.13 Å². The summed E-state index contributed by atoms with van der Waals surface area (Å²) in [5.74, 6) is -0.254. The van der Waals surface area contributed by atoms with Gasteiger partial charge in [-0.05, 0) is 42.8 Å². The highest BCUT2D eigenvalue weighted by Gasteiger charge is 2.24. The Morgan fingerprint density at radius 1 is 0.933 bits per heavy atom. The van der Waals surface area contributed by atoms with E-state index in [0.717, 1.165) is 27.0 Å². The van der Waals surface area contributed by atoms with Crippen LogP contribution in [-0.4, -0.2) is 25.8 Å². The summed E-state index contributed by atoms with van der Waals surface area (Å²) >= 11 is 1.48. The quantitative estimate of drug-likeness (QED) is 0.425. The average Bonchev–Trinajstić information content (AvgIpc) is 3.23. The second-order valence-electron chi connectivity index (χ2n) is 6.87. The second kappa shape index (κ2) is 7.61. The summed E-state index contributed by atoms with van der Waals surface area (Å²) in [4.78, 5) is 33.2. The van der Waals surface area contributed by atoms with Crippen LogP contribution in [0.15, 0.2) is 73.1 Å². The van der Waals surface area contributed by atoms with Crippen LogP contribution in [0.3, 0.4) is 0 Å². The van der Waals surface area contributed by atoms with Crippen LogP contribution in [0.2, 0.25) is 0 Å². The third-order valence-electron chi connectivity index (χ3n) is 4.80. The lowest BCUT2D eigenvalue weighted by molar-refractivity contribution is 0.0980. The predicted octanol–water partition coefficient (Wildman–Crippen LogP) is 4.79. The minimum absolute atomic E-state index is 0.254. The van der Waals surface area contributed by atoms with Gasteiger partial charge in [-0.2, -0.15) is 0 Å². The number of hydrogen-bond acceptors (Lipinski definition) is 6. The van der Waals surface area contributed by atoms with Crippen LogP contribution in [0.4, 0.5) is 5.13 Å². The van der Waals surface area contributed by atoms with Crippen LogP contribution in [-0.2, 0) is 6.54 Å². The first-order valence-corrected chi connectivity index (χ1v) is 10.3. The number of aromatic nitrogens is 4. The molecule has 6 nitrogen and oxygen atoms in total. The van der Waals surface area contributed by atoms with Crippen molar-refractivity contribution < 1.29 is 4.79 Å². The van der Waals surface area contributed by atoms with Gasteiger partial charge >= 0.3 is 0 Å². The molecule has 146 valence electrons. The first-order chi connectivity index (χ1) is 14.7. The third kappa shape index (κ3) is 3.40. The number of nitrogens with zero attached hydrogens (tertiary/aromatic N) is 5. The average molecular weight is 411 g/mol. The summed E-state index contributed by atoms with van der Waals surface area (Å²) in [6.45, 7) is 2.32. The topological polar surface area (TPSA) is 71.9 Å². The molecule has 0 atom stereocenters. The molecule has 0 spiro atoms. The summed E-state index contributed by atoms with van der Waals surface area (Å²) in [7, 11) is 0. The van der Waals surface area contributed by atoms with E-state index in [4.69, 9.17) is 4.98 Å². The minimum Gasteiger partial charge on any atom is -0.276 e. The van der Waals surface area contributed by atoms with Gasteiger partial charge < -0.3 is 0 Å². The SMILES string of the molecule is Cc1cccc2sc(N(Cc3ccccn3)C(=O)c3cnc4ccccc4n3)nc12. The fourth-order valence-electron chi connectivity index (χ4n) is 3.27. The molecule has 0 aliphatic rings. The summed E-state index contributed by atoms with van der Waals surface area (Å²) in [5.41, 5.74) is 4.46. The molecular formula is C23H17N5OS. The van der Waals surface area contributed by atoms with Gasteiger partial charge in [-0.15, -0.1) is 0 Å². The van der Waals surface area contributed by atoms with E-state index < -0.39 is 0 Å². The van der Waals surface area contributed by atoms with Crippen molar-refractivity contribution in [3.63, 3.8) is 0 Å². The molecule has 0 aliphatic carbocycles. The summed E-state index contributed by atoms with van der Waals surface area (Å²) in [6.07, 6.45) is 3.24. The lowest BCUT2D eigenvalue weighted by Crippen LogP contribution is -2.31. The molecule has 3 heterocycles. The fourth-order valence-corrected chi connectivity index (χ4v) is 4.31. The molecule has 2 aromatic carbocycles. The van der Waals surface area contributed by atoms with E-state index in [1.54, 1.807) is 11.1 Å². The van der Waals surface area contributed by atoms with Crippen molar-refractivity contribution in [2.24, 2.45) is 0 Å². The zero-order valence-corrected chi connectivity index (χ0v) is 17.0. The van der Waals surface area contributed by atoms with Crippen molar-refractivity contribution in [3.8, 4) is 0 Å². The highest BCUT2D eigenvalue weighted by atomic mass is 32.1. The molecule has 3 aromatic heterocycles. The molecule has 0 aliphatic heterocycles. The van der Waals surface area contributed by atoms with Crippen molar-refractivity contribution in [1.82, 2.24) is 19.9 Å². The standard InChI is InChI=1S/C23H17N5OS/c1-15-7-6-11-20-21(15)27-23(30-20)28(14-16-8-4-5-12-24-16)22(29)19-13-25-17-9-2-3-10-18(17)26-19/h2-13H,14H2,1H3. The van der Waals surface area contributed by atoms with Gasteiger partial charge in [0.05, 0.1) is 39.7 Å². The van der Waals surface area contributed by atoms with E-state index in [-0.39, 0.29) is 11.6 Å². The number of benzene rings is 2. The Morgan fingerprint density at radius 2 is 1.77 bits per heavy atom. The fraction of sp³-hybridized carbons (Fsp3) is 0.0870. The Kier molecular flexibility index (Phi) is 4.65.